The van der Waals surface area contributed by atoms with Crippen LogP contribution < -0.4 is 20.3 Å². The number of amides is 3. The van der Waals surface area contributed by atoms with Crippen molar-refractivity contribution in [3.8, 4) is 11.4 Å². The summed E-state index contributed by atoms with van der Waals surface area (Å²) in [5, 5.41) is 9.90. The number of nitrogens with one attached hydrogen (secondary N) is 2. The van der Waals surface area contributed by atoms with Crippen LogP contribution in [0, 0.1) is 12.7 Å². The van der Waals surface area contributed by atoms with Gasteiger partial charge in [0.05, 0.1) is 29.4 Å². The van der Waals surface area contributed by atoms with Crippen LogP contribution in [0.5, 0.6) is 5.75 Å². The molecule has 234 valence electrons. The minimum atomic E-state index is -4.79. The first-order valence-corrected chi connectivity index (χ1v) is 14.7. The van der Waals surface area contributed by atoms with E-state index in [2.05, 4.69) is 30.4 Å². The van der Waals surface area contributed by atoms with E-state index >= 15 is 0 Å². The maximum Gasteiger partial charge on any atom is 0.573 e. The highest BCUT2D eigenvalue weighted by atomic mass is 32.2. The van der Waals surface area contributed by atoms with Crippen molar-refractivity contribution in [3.05, 3.63) is 89.8 Å². The van der Waals surface area contributed by atoms with Crippen molar-refractivity contribution in [3.63, 3.8) is 0 Å². The third-order valence-corrected chi connectivity index (χ3v) is 7.42. The third-order valence-electron chi connectivity index (χ3n) is 6.50. The molecule has 45 heavy (non-hydrogen) atoms. The minimum absolute atomic E-state index is 0.0987. The van der Waals surface area contributed by atoms with Crippen molar-refractivity contribution in [1.82, 2.24) is 14.8 Å². The number of thioether (sulfide) groups is 1. The smallest absolute Gasteiger partial charge is 0.406 e. The Bertz CT molecular complexity index is 1740. The SMILES string of the molecule is CCCc1ccc(C)cc1N1C(=O)CS/C1=N\C(=O)Nc1ccc(NCc2ncn(-c3ccc(OC(F)(F)F)cc3)n2)cc1F. The summed E-state index contributed by atoms with van der Waals surface area (Å²) in [6, 6.07) is 14.2. The maximum atomic E-state index is 14.9. The number of urea groups is 1. The number of aromatic nitrogens is 3. The molecular formula is C30H27F4N7O3S. The Hall–Kier alpha value is -4.92. The van der Waals surface area contributed by atoms with E-state index in [4.69, 9.17) is 0 Å². The summed E-state index contributed by atoms with van der Waals surface area (Å²) in [6.45, 7) is 4.07. The maximum absolute atomic E-state index is 14.9. The van der Waals surface area contributed by atoms with Gasteiger partial charge in [0.2, 0.25) is 5.91 Å². The standard InChI is InChI=1S/C30H27F4N7O3S/c1-3-4-19-6-5-18(2)13-25(19)41-27(42)16-45-29(41)38-28(43)37-24-12-7-20(14-23(24)31)35-15-26-36-17-40(39-26)21-8-10-22(11-9-21)44-30(32,33)34/h5-14,17,35H,3-4,15-16H2,1-2H3,(H,37,43)/b38-29-. The predicted molar refractivity (Wildman–Crippen MR) is 163 cm³/mol. The Kier molecular flexibility index (Phi) is 9.37. The molecule has 1 fully saturated rings. The zero-order chi connectivity index (χ0) is 32.1. The molecule has 5 rings (SSSR count). The molecule has 0 radical (unpaired) electrons. The predicted octanol–water partition coefficient (Wildman–Crippen LogP) is 6.85. The van der Waals surface area contributed by atoms with Gasteiger partial charge in [-0.15, -0.1) is 18.3 Å². The average molecular weight is 642 g/mol. The molecule has 3 aromatic carbocycles. The Morgan fingerprint density at radius 3 is 2.60 bits per heavy atom. The van der Waals surface area contributed by atoms with Gasteiger partial charge in [-0.3, -0.25) is 9.69 Å². The molecule has 0 unspecified atom stereocenters. The fraction of sp³-hybridized carbons (Fsp3) is 0.233. The number of hydrogen-bond acceptors (Lipinski definition) is 7. The average Bonchev–Trinajstić information content (AvgIpc) is 3.60. The van der Waals surface area contributed by atoms with Crippen molar-refractivity contribution in [2.45, 2.75) is 39.6 Å². The summed E-state index contributed by atoms with van der Waals surface area (Å²) in [4.78, 5) is 35.2. The van der Waals surface area contributed by atoms with Crippen molar-refractivity contribution < 1.29 is 31.9 Å². The molecule has 0 atom stereocenters. The third kappa shape index (κ3) is 7.98. The number of aliphatic imine (C=N–C) groups is 1. The topological polar surface area (TPSA) is 114 Å². The van der Waals surface area contributed by atoms with Gasteiger partial charge in [0.1, 0.15) is 17.9 Å². The van der Waals surface area contributed by atoms with Crippen LogP contribution in [-0.2, 0) is 17.8 Å². The van der Waals surface area contributed by atoms with Crippen LogP contribution in [0.25, 0.3) is 5.69 Å². The molecule has 0 spiro atoms. The fourth-order valence-electron chi connectivity index (χ4n) is 4.49. The number of aryl methyl sites for hydroxylation is 2. The quantitative estimate of drug-likeness (QED) is 0.192. The fourth-order valence-corrected chi connectivity index (χ4v) is 5.34. The van der Waals surface area contributed by atoms with Gasteiger partial charge in [-0.1, -0.05) is 37.2 Å². The van der Waals surface area contributed by atoms with Gasteiger partial charge in [0, 0.05) is 5.69 Å². The lowest BCUT2D eigenvalue weighted by Gasteiger charge is -2.20. The van der Waals surface area contributed by atoms with Crippen molar-refractivity contribution in [2.75, 3.05) is 21.3 Å². The summed E-state index contributed by atoms with van der Waals surface area (Å²) < 4.78 is 57.3. The lowest BCUT2D eigenvalue weighted by molar-refractivity contribution is -0.274. The Morgan fingerprint density at radius 1 is 1.11 bits per heavy atom. The number of amidine groups is 1. The second-order valence-corrected chi connectivity index (χ2v) is 10.9. The van der Waals surface area contributed by atoms with Crippen LogP contribution in [0.2, 0.25) is 0 Å². The summed E-state index contributed by atoms with van der Waals surface area (Å²) in [6.07, 6.45) is -1.77. The first kappa shape index (κ1) is 31.5. The van der Waals surface area contributed by atoms with Gasteiger partial charge in [0.25, 0.3) is 0 Å². The molecule has 0 bridgehead atoms. The molecule has 15 heteroatoms. The molecule has 2 heterocycles. The van der Waals surface area contributed by atoms with Crippen LogP contribution in [0.4, 0.5) is 39.4 Å². The summed E-state index contributed by atoms with van der Waals surface area (Å²) in [5.74, 6) is -0.799. The molecule has 1 aromatic heterocycles. The highest BCUT2D eigenvalue weighted by Crippen LogP contribution is 2.32. The normalized spacial score (nSPS) is 14.2. The lowest BCUT2D eigenvalue weighted by Crippen LogP contribution is -2.31. The molecule has 4 aromatic rings. The number of carbonyl (C=O) groups is 2. The summed E-state index contributed by atoms with van der Waals surface area (Å²) >= 11 is 1.14. The minimum Gasteiger partial charge on any atom is -0.406 e. The number of carbonyl (C=O) groups excluding carboxylic acids is 2. The lowest BCUT2D eigenvalue weighted by atomic mass is 10.0. The molecule has 1 saturated heterocycles. The van der Waals surface area contributed by atoms with E-state index in [9.17, 15) is 27.2 Å². The molecule has 1 aliphatic rings. The van der Waals surface area contributed by atoms with E-state index in [0.29, 0.717) is 22.9 Å². The highest BCUT2D eigenvalue weighted by Gasteiger charge is 2.32. The molecule has 0 aliphatic carbocycles. The number of hydrogen-bond donors (Lipinski definition) is 2. The van der Waals surface area contributed by atoms with Crippen molar-refractivity contribution in [2.24, 2.45) is 4.99 Å². The Balaban J connectivity index is 1.21. The van der Waals surface area contributed by atoms with Gasteiger partial charge >= 0.3 is 12.4 Å². The molecule has 3 amide bonds. The van der Waals surface area contributed by atoms with Crippen molar-refractivity contribution in [1.29, 1.82) is 0 Å². The van der Waals surface area contributed by atoms with Gasteiger partial charge in [-0.05, 0) is 73.0 Å². The zero-order valence-corrected chi connectivity index (χ0v) is 24.9. The van der Waals surface area contributed by atoms with E-state index in [1.807, 2.05) is 32.0 Å². The van der Waals surface area contributed by atoms with Gasteiger partial charge < -0.3 is 15.4 Å². The summed E-state index contributed by atoms with van der Waals surface area (Å²) in [5.41, 5.74) is 3.36. The number of halogens is 4. The van der Waals surface area contributed by atoms with Crippen LogP contribution in [-0.4, -0.2) is 44.0 Å². The van der Waals surface area contributed by atoms with Crippen LogP contribution in [0.1, 0.15) is 30.3 Å². The van der Waals surface area contributed by atoms with Crippen LogP contribution >= 0.6 is 11.8 Å². The number of nitrogens with zero attached hydrogens (tertiary/aromatic N) is 5. The first-order valence-electron chi connectivity index (χ1n) is 13.7. The number of anilines is 3. The number of benzene rings is 3. The molecular weight excluding hydrogens is 614 g/mol. The molecule has 1 aliphatic heterocycles. The second-order valence-electron chi connectivity index (χ2n) is 9.92. The zero-order valence-electron chi connectivity index (χ0n) is 24.1. The van der Waals surface area contributed by atoms with E-state index in [-0.39, 0.29) is 34.8 Å². The Labute approximate surface area is 259 Å². The van der Waals surface area contributed by atoms with Gasteiger partial charge in [-0.25, -0.2) is 18.9 Å². The van der Waals surface area contributed by atoms with Gasteiger partial charge in [-0.2, -0.15) is 4.99 Å². The van der Waals surface area contributed by atoms with Gasteiger partial charge in [0.15, 0.2) is 11.0 Å². The van der Waals surface area contributed by atoms with Crippen molar-refractivity contribution >= 4 is 45.9 Å². The monoisotopic (exact) mass is 641 g/mol. The second kappa shape index (κ2) is 13.4. The number of rotatable bonds is 9. The van der Waals surface area contributed by atoms with Crippen LogP contribution in [0.3, 0.4) is 0 Å². The molecule has 2 N–H and O–H groups in total. The Morgan fingerprint density at radius 2 is 1.89 bits per heavy atom. The largest absolute Gasteiger partial charge is 0.573 e. The highest BCUT2D eigenvalue weighted by molar-refractivity contribution is 8.15. The molecule has 0 saturated carbocycles. The number of ether oxygens (including phenoxy) is 1. The first-order chi connectivity index (χ1) is 21.5. The van der Waals surface area contributed by atoms with E-state index in [1.165, 1.54) is 40.2 Å². The summed E-state index contributed by atoms with van der Waals surface area (Å²) in [7, 11) is 0. The number of alkyl halides is 3. The van der Waals surface area contributed by atoms with E-state index < -0.39 is 18.2 Å². The molecule has 10 nitrogen and oxygen atoms in total. The van der Waals surface area contributed by atoms with E-state index in [0.717, 1.165) is 47.9 Å². The van der Waals surface area contributed by atoms with E-state index in [1.54, 1.807) is 6.07 Å². The van der Waals surface area contributed by atoms with Crippen LogP contribution in [0.15, 0.2) is 72.0 Å².